The van der Waals surface area contributed by atoms with Gasteiger partial charge in [-0.15, -0.1) is 0 Å². The molecule has 2 aromatic carbocycles. The van der Waals surface area contributed by atoms with Gasteiger partial charge < -0.3 is 10.6 Å². The molecule has 2 N–H and O–H groups in total. The van der Waals surface area contributed by atoms with Gasteiger partial charge in [0.15, 0.2) is 11.6 Å². The van der Waals surface area contributed by atoms with Gasteiger partial charge in [-0.25, -0.2) is 0 Å². The van der Waals surface area contributed by atoms with Crippen LogP contribution in [0.1, 0.15) is 41.4 Å². The molecule has 0 bridgehead atoms. The van der Waals surface area contributed by atoms with E-state index in [2.05, 4.69) is 10.6 Å². The smallest absolute Gasteiger partial charge is 0.211 e. The second-order valence-corrected chi connectivity index (χ2v) is 6.47. The van der Waals surface area contributed by atoms with Gasteiger partial charge in [-0.05, 0) is 0 Å². The average molecular weight is 344 g/mol. The summed E-state index contributed by atoms with van der Waals surface area (Å²) in [6, 6.07) is 11.3. The summed E-state index contributed by atoms with van der Waals surface area (Å²) in [4.78, 5) is 51.3. The summed E-state index contributed by atoms with van der Waals surface area (Å²) in [5.74, 6) is -1.27. The molecule has 2 atom stereocenters. The zero-order valence-corrected chi connectivity index (χ0v) is 13.4. The summed E-state index contributed by atoms with van der Waals surface area (Å²) in [5, 5.41) is 5.75. The number of hydrogen-bond acceptors (Lipinski definition) is 6. The number of rotatable bonds is 0. The van der Waals surface area contributed by atoms with Gasteiger partial charge in [-0.1, -0.05) is 48.5 Å². The summed E-state index contributed by atoms with van der Waals surface area (Å²) in [7, 11) is 0. The lowest BCUT2D eigenvalue weighted by atomic mass is 9.79. The maximum atomic E-state index is 12.8. The standard InChI is InChI=1S/C20H12N2O4/c23-17-9-5-1-2-6-10(9)18(24)14-13(17)21-15-16(22-14)20(26)12-8-4-3-7-11(12)19(15)25/h1-8,13-14,21-22H. The fourth-order valence-electron chi connectivity index (χ4n) is 3.81. The van der Waals surface area contributed by atoms with Crippen molar-refractivity contribution in [2.45, 2.75) is 12.1 Å². The van der Waals surface area contributed by atoms with Crippen molar-refractivity contribution < 1.29 is 19.2 Å². The monoisotopic (exact) mass is 344 g/mol. The highest BCUT2D eigenvalue weighted by Gasteiger charge is 2.48. The largest absolute Gasteiger partial charge is 0.368 e. The first-order valence-electron chi connectivity index (χ1n) is 8.21. The minimum absolute atomic E-state index is 0.0514. The molecular formula is C20H12N2O4. The number of allylic oxidation sites excluding steroid dienone is 2. The van der Waals surface area contributed by atoms with Crippen LogP contribution in [0, 0.1) is 0 Å². The van der Waals surface area contributed by atoms with Gasteiger partial charge in [-0.3, -0.25) is 19.2 Å². The quantitative estimate of drug-likeness (QED) is 0.748. The molecule has 0 saturated carbocycles. The summed E-state index contributed by atoms with van der Waals surface area (Å²) in [6.07, 6.45) is 0. The van der Waals surface area contributed by atoms with Gasteiger partial charge >= 0.3 is 0 Å². The van der Waals surface area contributed by atoms with Crippen molar-refractivity contribution >= 4 is 23.1 Å². The number of benzene rings is 2. The lowest BCUT2D eigenvalue weighted by molar-refractivity contribution is 0.0784. The molecule has 1 heterocycles. The van der Waals surface area contributed by atoms with E-state index in [0.29, 0.717) is 22.3 Å². The first kappa shape index (κ1) is 14.8. The number of carbonyl (C=O) groups excluding carboxylic acids is 4. The van der Waals surface area contributed by atoms with Crippen LogP contribution in [-0.2, 0) is 0 Å². The summed E-state index contributed by atoms with van der Waals surface area (Å²) in [6.45, 7) is 0. The third-order valence-corrected chi connectivity index (χ3v) is 5.08. The first-order valence-corrected chi connectivity index (χ1v) is 8.21. The highest BCUT2D eigenvalue weighted by atomic mass is 16.2. The molecule has 26 heavy (non-hydrogen) atoms. The third-order valence-electron chi connectivity index (χ3n) is 5.08. The van der Waals surface area contributed by atoms with E-state index in [-0.39, 0.29) is 34.5 Å². The molecule has 0 spiro atoms. The molecule has 0 amide bonds. The van der Waals surface area contributed by atoms with Crippen LogP contribution in [0.25, 0.3) is 0 Å². The Morgan fingerprint density at radius 1 is 0.538 bits per heavy atom. The van der Waals surface area contributed by atoms with Crippen LogP contribution in [0.4, 0.5) is 0 Å². The summed E-state index contributed by atoms with van der Waals surface area (Å²) < 4.78 is 0. The molecule has 2 unspecified atom stereocenters. The van der Waals surface area contributed by atoms with Crippen molar-refractivity contribution in [3.63, 3.8) is 0 Å². The van der Waals surface area contributed by atoms with Crippen molar-refractivity contribution in [1.29, 1.82) is 0 Å². The van der Waals surface area contributed by atoms with Crippen LogP contribution in [0.15, 0.2) is 59.9 Å². The van der Waals surface area contributed by atoms with Crippen LogP contribution < -0.4 is 10.6 Å². The van der Waals surface area contributed by atoms with Crippen LogP contribution in [-0.4, -0.2) is 35.2 Å². The van der Waals surface area contributed by atoms with Crippen molar-refractivity contribution in [3.05, 3.63) is 82.2 Å². The van der Waals surface area contributed by atoms with E-state index in [1.165, 1.54) is 0 Å². The second-order valence-electron chi connectivity index (χ2n) is 6.47. The predicted molar refractivity (Wildman–Crippen MR) is 91.1 cm³/mol. The number of carbonyl (C=O) groups is 4. The summed E-state index contributed by atoms with van der Waals surface area (Å²) >= 11 is 0. The van der Waals surface area contributed by atoms with Crippen molar-refractivity contribution in [2.75, 3.05) is 0 Å². The highest BCUT2D eigenvalue weighted by Crippen LogP contribution is 2.31. The van der Waals surface area contributed by atoms with Gasteiger partial charge in [0.2, 0.25) is 11.6 Å². The molecule has 3 aliphatic rings. The number of ketones is 4. The van der Waals surface area contributed by atoms with E-state index in [9.17, 15) is 19.2 Å². The zero-order chi connectivity index (χ0) is 18.0. The maximum Gasteiger partial charge on any atom is 0.211 e. The number of hydrogen-bond donors (Lipinski definition) is 2. The summed E-state index contributed by atoms with van der Waals surface area (Å²) in [5.41, 5.74) is 1.34. The van der Waals surface area contributed by atoms with Crippen LogP contribution in [0.5, 0.6) is 0 Å². The fourth-order valence-corrected chi connectivity index (χ4v) is 3.81. The zero-order valence-electron chi connectivity index (χ0n) is 13.4. The molecule has 6 heteroatoms. The number of nitrogens with one attached hydrogen (secondary N) is 2. The van der Waals surface area contributed by atoms with E-state index < -0.39 is 12.1 Å². The van der Waals surface area contributed by atoms with E-state index in [1.807, 2.05) is 0 Å². The second kappa shape index (κ2) is 4.98. The minimum Gasteiger partial charge on any atom is -0.368 e. The molecule has 0 saturated heterocycles. The lowest BCUT2D eigenvalue weighted by Gasteiger charge is -2.39. The van der Waals surface area contributed by atoms with Crippen molar-refractivity contribution in [2.24, 2.45) is 0 Å². The molecule has 126 valence electrons. The Labute approximate surface area is 147 Å². The van der Waals surface area contributed by atoms with Crippen molar-refractivity contribution in [1.82, 2.24) is 10.6 Å². The topological polar surface area (TPSA) is 92.3 Å². The molecule has 1 aliphatic heterocycles. The molecule has 0 aromatic heterocycles. The molecule has 2 aliphatic carbocycles. The number of fused-ring (bicyclic) bond motifs is 3. The molecule has 0 radical (unpaired) electrons. The Balaban J connectivity index is 1.64. The van der Waals surface area contributed by atoms with Gasteiger partial charge in [0, 0.05) is 22.3 Å². The Morgan fingerprint density at radius 2 is 0.885 bits per heavy atom. The van der Waals surface area contributed by atoms with Crippen LogP contribution in [0.3, 0.4) is 0 Å². The molecule has 6 nitrogen and oxygen atoms in total. The Bertz CT molecular complexity index is 999. The minimum atomic E-state index is -0.918. The molecule has 2 aromatic rings. The first-order chi connectivity index (χ1) is 12.6. The average Bonchev–Trinajstić information content (AvgIpc) is 2.69. The van der Waals surface area contributed by atoms with Crippen LogP contribution >= 0.6 is 0 Å². The van der Waals surface area contributed by atoms with Gasteiger partial charge in [0.05, 0.1) is 0 Å². The highest BCUT2D eigenvalue weighted by molar-refractivity contribution is 6.28. The fraction of sp³-hybridized carbons (Fsp3) is 0.100. The van der Waals surface area contributed by atoms with E-state index >= 15 is 0 Å². The number of Topliss-reactive ketones (excluding diaryl/α,β-unsaturated/α-hetero) is 4. The van der Waals surface area contributed by atoms with E-state index in [4.69, 9.17) is 0 Å². The third kappa shape index (κ3) is 1.75. The maximum absolute atomic E-state index is 12.8. The van der Waals surface area contributed by atoms with Gasteiger partial charge in [0.25, 0.3) is 0 Å². The van der Waals surface area contributed by atoms with E-state index in [1.54, 1.807) is 48.5 Å². The van der Waals surface area contributed by atoms with Gasteiger partial charge in [-0.2, -0.15) is 0 Å². The van der Waals surface area contributed by atoms with Crippen molar-refractivity contribution in [3.8, 4) is 0 Å². The Morgan fingerprint density at radius 3 is 1.27 bits per heavy atom. The normalized spacial score (nSPS) is 23.4. The predicted octanol–water partition coefficient (Wildman–Crippen LogP) is 1.29. The Kier molecular flexibility index (Phi) is 2.83. The lowest BCUT2D eigenvalue weighted by Crippen LogP contribution is -2.64. The molecule has 0 fully saturated rings. The molecular weight excluding hydrogens is 332 g/mol. The molecule has 5 rings (SSSR count). The SMILES string of the molecule is O=C1C2=C(NC3C(=O)c4ccccc4C(=O)C3N2)C(=O)c2ccccc21. The Hall–Kier alpha value is -3.54. The van der Waals surface area contributed by atoms with Gasteiger partial charge in [0.1, 0.15) is 23.5 Å². The van der Waals surface area contributed by atoms with E-state index in [0.717, 1.165) is 0 Å². The van der Waals surface area contributed by atoms with Crippen LogP contribution in [0.2, 0.25) is 0 Å².